The molecule has 1 amide bonds. The summed E-state index contributed by atoms with van der Waals surface area (Å²) in [6, 6.07) is 0. The van der Waals surface area contributed by atoms with E-state index >= 15 is 0 Å². The number of anilines is 1. The second kappa shape index (κ2) is 8.70. The molecule has 1 saturated carbocycles. The molecule has 1 fully saturated rings. The van der Waals surface area contributed by atoms with Gasteiger partial charge in [-0.3, -0.25) is 4.79 Å². The third-order valence-corrected chi connectivity index (χ3v) is 6.40. The van der Waals surface area contributed by atoms with E-state index in [1.165, 1.54) is 42.8 Å². The van der Waals surface area contributed by atoms with Gasteiger partial charge in [0, 0.05) is 5.92 Å². The lowest BCUT2D eigenvalue weighted by Gasteiger charge is -2.20. The van der Waals surface area contributed by atoms with Crippen LogP contribution < -0.4 is 11.2 Å². The molecule has 2 heterocycles. The van der Waals surface area contributed by atoms with E-state index in [2.05, 4.69) is 25.2 Å². The number of hydrogen-bond acceptors (Lipinski definition) is 9. The Morgan fingerprint density at radius 2 is 2.07 bits per heavy atom. The molecule has 1 aliphatic rings. The van der Waals surface area contributed by atoms with Crippen molar-refractivity contribution in [3.63, 3.8) is 0 Å². The molecule has 3 rings (SSSR count). The molecule has 2 aromatic heterocycles. The fourth-order valence-electron chi connectivity index (χ4n) is 3.04. The fraction of sp³-hybridized carbons (Fsp3) is 0.562. The van der Waals surface area contributed by atoms with Crippen LogP contribution in [0.25, 0.3) is 0 Å². The van der Waals surface area contributed by atoms with Crippen molar-refractivity contribution in [1.29, 1.82) is 0 Å². The number of amides is 1. The number of esters is 1. The normalized spacial score (nSPS) is 14.9. The van der Waals surface area contributed by atoms with Crippen molar-refractivity contribution < 1.29 is 14.3 Å². The summed E-state index contributed by atoms with van der Waals surface area (Å²) in [7, 11) is 1.31. The fourth-order valence-corrected chi connectivity index (χ4v) is 4.61. The second-order valence-corrected chi connectivity index (χ2v) is 8.25. The van der Waals surface area contributed by atoms with Gasteiger partial charge >= 0.3 is 5.97 Å². The van der Waals surface area contributed by atoms with Crippen LogP contribution in [0.5, 0.6) is 0 Å². The van der Waals surface area contributed by atoms with Gasteiger partial charge in [-0.1, -0.05) is 42.4 Å². The molecule has 0 unspecified atom stereocenters. The first-order chi connectivity index (χ1) is 13.0. The molecule has 0 radical (unpaired) electrons. The zero-order valence-electron chi connectivity index (χ0n) is 15.2. The Hall–Kier alpha value is -2.14. The quantitative estimate of drug-likeness (QED) is 0.422. The number of ether oxygens (including phenoxy) is 1. The number of nitrogens with two attached hydrogens (primary N) is 1. The summed E-state index contributed by atoms with van der Waals surface area (Å²) in [5, 5.41) is 11.9. The summed E-state index contributed by atoms with van der Waals surface area (Å²) in [5.41, 5.74) is 0.522. The molecule has 0 aromatic carbocycles. The lowest BCUT2D eigenvalue weighted by Crippen LogP contribution is -2.19. The molecule has 0 spiro atoms. The van der Waals surface area contributed by atoms with Gasteiger partial charge in [-0.05, 0) is 19.8 Å². The SMILES string of the molecule is COC(=O)c1sc(NC(=O)CSc2nnc(C3CCCCC3)n2N)nc1C. The van der Waals surface area contributed by atoms with Crippen LogP contribution in [-0.2, 0) is 9.53 Å². The molecule has 146 valence electrons. The van der Waals surface area contributed by atoms with E-state index < -0.39 is 5.97 Å². The van der Waals surface area contributed by atoms with Crippen LogP contribution in [0.1, 0.15) is 59.2 Å². The van der Waals surface area contributed by atoms with Gasteiger partial charge in [-0.25, -0.2) is 14.5 Å². The van der Waals surface area contributed by atoms with Gasteiger partial charge in [-0.15, -0.1) is 10.2 Å². The number of nitrogen functional groups attached to an aromatic ring is 1. The molecule has 0 bridgehead atoms. The second-order valence-electron chi connectivity index (χ2n) is 6.31. The van der Waals surface area contributed by atoms with Gasteiger partial charge in [-0.2, -0.15) is 0 Å². The molecule has 3 N–H and O–H groups in total. The van der Waals surface area contributed by atoms with Crippen molar-refractivity contribution in [2.75, 3.05) is 24.0 Å². The van der Waals surface area contributed by atoms with Crippen molar-refractivity contribution in [1.82, 2.24) is 19.9 Å². The molecule has 0 saturated heterocycles. The number of carbonyl (C=O) groups is 2. The predicted octanol–water partition coefficient (Wildman–Crippen LogP) is 2.32. The van der Waals surface area contributed by atoms with Crippen LogP contribution in [-0.4, -0.2) is 44.6 Å². The highest BCUT2D eigenvalue weighted by Crippen LogP contribution is 2.32. The van der Waals surface area contributed by atoms with Gasteiger partial charge in [0.15, 0.2) is 11.0 Å². The Morgan fingerprint density at radius 3 is 2.78 bits per heavy atom. The third-order valence-electron chi connectivity index (χ3n) is 4.41. The number of thioether (sulfide) groups is 1. The number of nitrogens with zero attached hydrogens (tertiary/aromatic N) is 4. The monoisotopic (exact) mass is 410 g/mol. The number of aromatic nitrogens is 4. The Morgan fingerprint density at radius 1 is 1.33 bits per heavy atom. The maximum atomic E-state index is 12.2. The summed E-state index contributed by atoms with van der Waals surface area (Å²) in [6.07, 6.45) is 5.77. The summed E-state index contributed by atoms with van der Waals surface area (Å²) in [4.78, 5) is 28.4. The van der Waals surface area contributed by atoms with Gasteiger partial charge in [0.1, 0.15) is 4.88 Å². The van der Waals surface area contributed by atoms with Crippen LogP contribution in [0.4, 0.5) is 5.13 Å². The van der Waals surface area contributed by atoms with Crippen molar-refractivity contribution in [2.24, 2.45) is 0 Å². The van der Waals surface area contributed by atoms with E-state index in [1.54, 1.807) is 6.92 Å². The highest BCUT2D eigenvalue weighted by atomic mass is 32.2. The molecule has 0 atom stereocenters. The summed E-state index contributed by atoms with van der Waals surface area (Å²) in [5.74, 6) is 6.65. The molecular weight excluding hydrogens is 388 g/mol. The smallest absolute Gasteiger partial charge is 0.350 e. The zero-order valence-corrected chi connectivity index (χ0v) is 16.9. The van der Waals surface area contributed by atoms with Crippen LogP contribution in [0, 0.1) is 6.92 Å². The molecule has 2 aromatic rings. The van der Waals surface area contributed by atoms with Crippen LogP contribution >= 0.6 is 23.1 Å². The number of nitrogens with one attached hydrogen (secondary N) is 1. The highest BCUT2D eigenvalue weighted by molar-refractivity contribution is 7.99. The maximum absolute atomic E-state index is 12.2. The highest BCUT2D eigenvalue weighted by Gasteiger charge is 2.23. The number of rotatable bonds is 6. The molecular formula is C16H22N6O3S2. The average molecular weight is 411 g/mol. The Labute approximate surface area is 165 Å². The van der Waals surface area contributed by atoms with E-state index in [1.807, 2.05) is 0 Å². The van der Waals surface area contributed by atoms with Gasteiger partial charge < -0.3 is 15.9 Å². The first-order valence-corrected chi connectivity index (χ1v) is 10.5. The minimum atomic E-state index is -0.466. The topological polar surface area (TPSA) is 125 Å². The van der Waals surface area contributed by atoms with E-state index in [-0.39, 0.29) is 11.7 Å². The first kappa shape index (κ1) is 19.6. The largest absolute Gasteiger partial charge is 0.465 e. The van der Waals surface area contributed by atoms with Gasteiger partial charge in [0.2, 0.25) is 11.1 Å². The third kappa shape index (κ3) is 4.59. The molecule has 9 nitrogen and oxygen atoms in total. The first-order valence-electron chi connectivity index (χ1n) is 8.68. The van der Waals surface area contributed by atoms with Gasteiger partial charge in [0.25, 0.3) is 0 Å². The van der Waals surface area contributed by atoms with E-state index in [9.17, 15) is 9.59 Å². The minimum Gasteiger partial charge on any atom is -0.465 e. The number of carbonyl (C=O) groups excluding carboxylic acids is 2. The zero-order chi connectivity index (χ0) is 19.4. The van der Waals surface area contributed by atoms with Crippen molar-refractivity contribution in [2.45, 2.75) is 50.1 Å². The Kier molecular flexibility index (Phi) is 6.32. The van der Waals surface area contributed by atoms with E-state index in [0.29, 0.717) is 26.8 Å². The summed E-state index contributed by atoms with van der Waals surface area (Å²) < 4.78 is 6.19. The lowest BCUT2D eigenvalue weighted by atomic mass is 9.89. The molecule has 27 heavy (non-hydrogen) atoms. The number of aryl methyl sites for hydroxylation is 1. The summed E-state index contributed by atoms with van der Waals surface area (Å²) in [6.45, 7) is 1.69. The van der Waals surface area contributed by atoms with E-state index in [0.717, 1.165) is 30.0 Å². The van der Waals surface area contributed by atoms with E-state index in [4.69, 9.17) is 5.84 Å². The van der Waals surface area contributed by atoms with Crippen LogP contribution in [0.2, 0.25) is 0 Å². The van der Waals surface area contributed by atoms with Crippen molar-refractivity contribution in [3.05, 3.63) is 16.4 Å². The Bertz CT molecular complexity index is 828. The minimum absolute atomic E-state index is 0.117. The lowest BCUT2D eigenvalue weighted by molar-refractivity contribution is -0.113. The molecule has 0 aliphatic heterocycles. The Balaban J connectivity index is 1.56. The summed E-state index contributed by atoms with van der Waals surface area (Å²) >= 11 is 2.30. The van der Waals surface area contributed by atoms with Crippen molar-refractivity contribution in [3.8, 4) is 0 Å². The standard InChI is InChI=1S/C16H22N6O3S2/c1-9-12(14(24)25-2)27-15(18-9)19-11(23)8-26-16-21-20-13(22(16)17)10-6-4-3-5-7-10/h10H,3-8,17H2,1-2H3,(H,18,19,23). The number of hydrogen-bond donors (Lipinski definition) is 2. The van der Waals surface area contributed by atoms with Crippen LogP contribution in [0.15, 0.2) is 5.16 Å². The van der Waals surface area contributed by atoms with Gasteiger partial charge in [0.05, 0.1) is 18.6 Å². The van der Waals surface area contributed by atoms with Crippen molar-refractivity contribution >= 4 is 40.1 Å². The molecule has 1 aliphatic carbocycles. The maximum Gasteiger partial charge on any atom is 0.350 e. The number of methoxy groups -OCH3 is 1. The number of thiazole rings is 1. The average Bonchev–Trinajstić information content (AvgIpc) is 3.22. The van der Waals surface area contributed by atoms with Crippen LogP contribution in [0.3, 0.4) is 0 Å². The predicted molar refractivity (Wildman–Crippen MR) is 104 cm³/mol. The molecule has 11 heteroatoms.